The van der Waals surface area contributed by atoms with Crippen LogP contribution in [0.15, 0.2) is 36.3 Å². The topological polar surface area (TPSA) is 86.8 Å². The van der Waals surface area contributed by atoms with Crippen LogP contribution in [0.5, 0.6) is 0 Å². The first kappa shape index (κ1) is 19.4. The molecule has 1 N–H and O–H groups in total. The molecule has 0 aliphatic carbocycles. The van der Waals surface area contributed by atoms with Crippen molar-refractivity contribution < 1.29 is 23.8 Å². The van der Waals surface area contributed by atoms with Gasteiger partial charge in [0.05, 0.1) is 16.8 Å². The van der Waals surface area contributed by atoms with Crippen LogP contribution in [-0.2, 0) is 19.0 Å². The molecule has 3 aromatic rings. The lowest BCUT2D eigenvalue weighted by molar-refractivity contribution is -0.117. The summed E-state index contributed by atoms with van der Waals surface area (Å²) in [6.45, 7) is 4.57. The molecule has 0 bridgehead atoms. The largest absolute Gasteiger partial charge is 0.494 e. The lowest BCUT2D eigenvalue weighted by atomic mass is 10.1. The second kappa shape index (κ2) is 8.22. The summed E-state index contributed by atoms with van der Waals surface area (Å²) in [6.07, 6.45) is 1.29. The molecular weight excluding hydrogens is 412 g/mol. The molecule has 0 atom stereocenters. The number of thiophene rings is 1. The van der Waals surface area contributed by atoms with E-state index in [-0.39, 0.29) is 12.4 Å². The molecule has 0 unspecified atom stereocenters. The summed E-state index contributed by atoms with van der Waals surface area (Å²) in [7, 11) is 0. The standard InChI is InChI=1S/C20H18N2O5S2/c1-3-26-20(24)16-11(2)15(18-21-12-6-4-5-7-14(12)28-18)19(29-16)22-17(23)13-10-25-8-9-27-13/h4-7,10H,3,8-9H2,1-2H3,(H,22,23). The number of ether oxygens (including phenoxy) is 3. The third-order valence-electron chi connectivity index (χ3n) is 4.22. The van der Waals surface area contributed by atoms with Crippen molar-refractivity contribution >= 4 is 49.8 Å². The van der Waals surface area contributed by atoms with Crippen LogP contribution in [0.3, 0.4) is 0 Å². The molecule has 2 aromatic heterocycles. The van der Waals surface area contributed by atoms with Gasteiger partial charge in [-0.3, -0.25) is 4.79 Å². The number of rotatable bonds is 5. The Morgan fingerprint density at radius 2 is 2.07 bits per heavy atom. The highest BCUT2D eigenvalue weighted by Crippen LogP contribution is 2.43. The number of benzene rings is 1. The van der Waals surface area contributed by atoms with Crippen molar-refractivity contribution in [3.8, 4) is 10.6 Å². The van der Waals surface area contributed by atoms with Gasteiger partial charge in [-0.2, -0.15) is 0 Å². The highest BCUT2D eigenvalue weighted by atomic mass is 32.1. The Labute approximate surface area is 174 Å². The molecule has 1 amide bonds. The van der Waals surface area contributed by atoms with E-state index in [1.807, 2.05) is 31.2 Å². The smallest absolute Gasteiger partial charge is 0.348 e. The molecule has 7 nitrogen and oxygen atoms in total. The minimum Gasteiger partial charge on any atom is -0.494 e. The Kier molecular flexibility index (Phi) is 5.50. The van der Waals surface area contributed by atoms with Gasteiger partial charge >= 0.3 is 5.97 Å². The molecule has 0 saturated heterocycles. The maximum atomic E-state index is 12.6. The number of hydrogen-bond acceptors (Lipinski definition) is 8. The number of esters is 1. The number of carbonyl (C=O) groups excluding carboxylic acids is 2. The van der Waals surface area contributed by atoms with Gasteiger partial charge in [0.15, 0.2) is 0 Å². The van der Waals surface area contributed by atoms with E-state index in [1.165, 1.54) is 28.9 Å². The average Bonchev–Trinajstić information content (AvgIpc) is 3.29. The quantitative estimate of drug-likeness (QED) is 0.606. The van der Waals surface area contributed by atoms with Crippen LogP contribution in [0.4, 0.5) is 5.00 Å². The van der Waals surface area contributed by atoms with Crippen LogP contribution in [0.2, 0.25) is 0 Å². The van der Waals surface area contributed by atoms with Gasteiger partial charge in [-0.05, 0) is 31.5 Å². The van der Waals surface area contributed by atoms with Gasteiger partial charge in [0.2, 0.25) is 5.76 Å². The van der Waals surface area contributed by atoms with Crippen molar-refractivity contribution in [2.45, 2.75) is 13.8 Å². The highest BCUT2D eigenvalue weighted by Gasteiger charge is 2.26. The molecular formula is C20H18N2O5S2. The van der Waals surface area contributed by atoms with Gasteiger partial charge in [-0.1, -0.05) is 12.1 Å². The minimum absolute atomic E-state index is 0.0928. The van der Waals surface area contributed by atoms with Gasteiger partial charge in [0.25, 0.3) is 5.91 Å². The van der Waals surface area contributed by atoms with E-state index in [1.54, 1.807) is 6.92 Å². The predicted octanol–water partition coefficient (Wildman–Crippen LogP) is 4.34. The number of nitrogens with one attached hydrogen (secondary N) is 1. The molecule has 4 rings (SSSR count). The second-order valence-electron chi connectivity index (χ2n) is 6.12. The average molecular weight is 431 g/mol. The van der Waals surface area contributed by atoms with Crippen molar-refractivity contribution in [1.82, 2.24) is 4.98 Å². The third-order valence-corrected chi connectivity index (χ3v) is 6.46. The number of thiazole rings is 1. The molecule has 1 aliphatic heterocycles. The number of aromatic nitrogens is 1. The number of fused-ring (bicyclic) bond motifs is 1. The fourth-order valence-electron chi connectivity index (χ4n) is 2.88. The minimum atomic E-state index is -0.441. The molecule has 0 spiro atoms. The van der Waals surface area contributed by atoms with Crippen LogP contribution in [0, 0.1) is 6.92 Å². The predicted molar refractivity (Wildman–Crippen MR) is 112 cm³/mol. The maximum absolute atomic E-state index is 12.6. The van der Waals surface area contributed by atoms with E-state index in [2.05, 4.69) is 5.32 Å². The Morgan fingerprint density at radius 3 is 2.79 bits per heavy atom. The first-order valence-electron chi connectivity index (χ1n) is 9.01. The fraction of sp³-hybridized carbons (Fsp3) is 0.250. The van der Waals surface area contributed by atoms with E-state index < -0.39 is 11.9 Å². The van der Waals surface area contributed by atoms with Crippen LogP contribution in [0.25, 0.3) is 20.8 Å². The summed E-state index contributed by atoms with van der Waals surface area (Å²) in [5.74, 6) is -0.770. The van der Waals surface area contributed by atoms with Crippen molar-refractivity contribution in [3.05, 3.63) is 46.7 Å². The van der Waals surface area contributed by atoms with Gasteiger partial charge in [0.1, 0.15) is 34.4 Å². The zero-order valence-electron chi connectivity index (χ0n) is 15.8. The fourth-order valence-corrected chi connectivity index (χ4v) is 5.12. The molecule has 0 fully saturated rings. The van der Waals surface area contributed by atoms with Crippen LogP contribution in [0.1, 0.15) is 22.2 Å². The molecule has 0 saturated carbocycles. The molecule has 1 aromatic carbocycles. The van der Waals surface area contributed by atoms with Crippen molar-refractivity contribution in [2.24, 2.45) is 0 Å². The summed E-state index contributed by atoms with van der Waals surface area (Å²) in [5, 5.41) is 4.09. The van der Waals surface area contributed by atoms with E-state index >= 15 is 0 Å². The molecule has 0 radical (unpaired) electrons. The normalized spacial score (nSPS) is 13.4. The Balaban J connectivity index is 1.78. The lowest BCUT2D eigenvalue weighted by Crippen LogP contribution is -2.20. The third kappa shape index (κ3) is 3.83. The van der Waals surface area contributed by atoms with E-state index in [4.69, 9.17) is 19.2 Å². The van der Waals surface area contributed by atoms with Gasteiger partial charge in [-0.15, -0.1) is 22.7 Å². The monoisotopic (exact) mass is 430 g/mol. The van der Waals surface area contributed by atoms with Gasteiger partial charge < -0.3 is 19.5 Å². The number of carbonyl (C=O) groups is 2. The van der Waals surface area contributed by atoms with Gasteiger partial charge in [0, 0.05) is 5.56 Å². The SMILES string of the molecule is CCOC(=O)c1sc(NC(=O)C2=COCCO2)c(-c2nc3ccccc3s2)c1C. The van der Waals surface area contributed by atoms with E-state index in [9.17, 15) is 9.59 Å². The van der Waals surface area contributed by atoms with Crippen molar-refractivity contribution in [2.75, 3.05) is 25.1 Å². The van der Waals surface area contributed by atoms with Crippen LogP contribution in [-0.4, -0.2) is 36.7 Å². The molecule has 29 heavy (non-hydrogen) atoms. The summed E-state index contributed by atoms with van der Waals surface area (Å²) in [6, 6.07) is 7.79. The first-order valence-corrected chi connectivity index (χ1v) is 10.6. The Bertz CT molecular complexity index is 1080. The van der Waals surface area contributed by atoms with E-state index in [0.29, 0.717) is 28.7 Å². The zero-order valence-corrected chi connectivity index (χ0v) is 17.4. The number of anilines is 1. The summed E-state index contributed by atoms with van der Waals surface area (Å²) in [5.41, 5.74) is 2.29. The second-order valence-corrected chi connectivity index (χ2v) is 8.17. The van der Waals surface area contributed by atoms with E-state index in [0.717, 1.165) is 20.8 Å². The lowest BCUT2D eigenvalue weighted by Gasteiger charge is -2.14. The molecule has 9 heteroatoms. The number of hydrogen-bond donors (Lipinski definition) is 1. The first-order chi connectivity index (χ1) is 14.1. The van der Waals surface area contributed by atoms with Crippen LogP contribution >= 0.6 is 22.7 Å². The van der Waals surface area contributed by atoms with Gasteiger partial charge in [-0.25, -0.2) is 9.78 Å². The number of para-hydroxylation sites is 1. The summed E-state index contributed by atoms with van der Waals surface area (Å²) >= 11 is 2.67. The zero-order chi connectivity index (χ0) is 20.4. The molecule has 3 heterocycles. The number of nitrogens with zero attached hydrogens (tertiary/aromatic N) is 1. The highest BCUT2D eigenvalue weighted by molar-refractivity contribution is 7.23. The van der Waals surface area contributed by atoms with Crippen molar-refractivity contribution in [1.29, 1.82) is 0 Å². The summed E-state index contributed by atoms with van der Waals surface area (Å²) < 4.78 is 16.7. The Morgan fingerprint density at radius 1 is 1.24 bits per heavy atom. The van der Waals surface area contributed by atoms with Crippen LogP contribution < -0.4 is 5.32 Å². The molecule has 1 aliphatic rings. The number of amides is 1. The Hall–Kier alpha value is -2.91. The molecule has 150 valence electrons. The summed E-state index contributed by atoms with van der Waals surface area (Å²) in [4.78, 5) is 30.2. The van der Waals surface area contributed by atoms with Crippen molar-refractivity contribution in [3.63, 3.8) is 0 Å². The maximum Gasteiger partial charge on any atom is 0.348 e.